The molecule has 3 aromatic rings. The predicted octanol–water partition coefficient (Wildman–Crippen LogP) is 5.85. The molecule has 0 atom stereocenters. The number of piperazine rings is 1. The van der Waals surface area contributed by atoms with Crippen molar-refractivity contribution in [2.24, 2.45) is 0 Å². The van der Waals surface area contributed by atoms with Gasteiger partial charge in [-0.1, -0.05) is 74.6 Å². The Hall–Kier alpha value is -3.94. The molecular weight excluding hydrogens is 663 g/mol. The predicted molar refractivity (Wildman–Crippen MR) is 195 cm³/mol. The Kier molecular flexibility index (Phi) is 11.5. The summed E-state index contributed by atoms with van der Waals surface area (Å²) in [5.41, 5.74) is 2.85. The molecule has 0 radical (unpaired) electrons. The minimum Gasteiger partial charge on any atom is -0.481 e. The summed E-state index contributed by atoms with van der Waals surface area (Å²) in [4.78, 5) is 49.9. The number of anilines is 1. The third-order valence-corrected chi connectivity index (χ3v) is 10.6. The average molecular weight is 706 g/mol. The Morgan fingerprint density at radius 3 is 2.45 bits per heavy atom. The van der Waals surface area contributed by atoms with Crippen molar-refractivity contribution in [1.29, 1.82) is 0 Å². The number of unbranched alkanes of at least 4 members (excludes halogenated alkanes) is 7. The number of amides is 1. The number of rotatable bonds is 15. The number of ether oxygens (including phenoxy) is 2. The summed E-state index contributed by atoms with van der Waals surface area (Å²) in [6.07, 6.45) is 11.5. The van der Waals surface area contributed by atoms with Gasteiger partial charge in [0.2, 0.25) is 6.79 Å². The Balaban J connectivity index is 1.10. The number of carboxylic acid groups (broad SMARTS) is 1. The summed E-state index contributed by atoms with van der Waals surface area (Å²) in [5, 5.41) is 8.75. The zero-order chi connectivity index (χ0) is 34.3. The molecule has 260 valence electrons. The fourth-order valence-electron chi connectivity index (χ4n) is 6.51. The van der Waals surface area contributed by atoms with E-state index in [0.29, 0.717) is 45.9 Å². The summed E-state index contributed by atoms with van der Waals surface area (Å²) in [6.45, 7) is 6.47. The number of thioether (sulfide) groups is 1. The van der Waals surface area contributed by atoms with E-state index in [-0.39, 0.29) is 24.7 Å². The lowest BCUT2D eigenvalue weighted by Crippen LogP contribution is -2.47. The summed E-state index contributed by atoms with van der Waals surface area (Å²) >= 11 is 6.87. The van der Waals surface area contributed by atoms with Gasteiger partial charge in [0, 0.05) is 51.9 Å². The van der Waals surface area contributed by atoms with Gasteiger partial charge in [-0.25, -0.2) is 4.98 Å². The number of nitrogens with zero attached hydrogens (tertiary/aromatic N) is 5. The molecule has 5 heterocycles. The molecule has 2 saturated heterocycles. The number of carbonyl (C=O) groups is 2. The number of carbonyl (C=O) groups excluding carboxylic acids is 1. The van der Waals surface area contributed by atoms with E-state index in [1.807, 2.05) is 31.2 Å². The highest BCUT2D eigenvalue weighted by atomic mass is 32.2. The molecule has 3 aliphatic heterocycles. The van der Waals surface area contributed by atoms with Crippen LogP contribution in [0, 0.1) is 6.92 Å². The van der Waals surface area contributed by atoms with E-state index in [4.69, 9.17) is 31.8 Å². The molecule has 1 amide bonds. The third kappa shape index (κ3) is 8.45. The van der Waals surface area contributed by atoms with E-state index in [1.165, 1.54) is 11.8 Å². The Morgan fingerprint density at radius 1 is 0.980 bits per heavy atom. The molecule has 0 bridgehead atoms. The molecule has 2 fully saturated rings. The van der Waals surface area contributed by atoms with Crippen LogP contribution in [-0.4, -0.2) is 80.0 Å². The Labute approximate surface area is 295 Å². The number of hydrogen-bond acceptors (Lipinski definition) is 10. The zero-order valence-corrected chi connectivity index (χ0v) is 29.5. The van der Waals surface area contributed by atoms with Crippen LogP contribution >= 0.6 is 24.0 Å². The first kappa shape index (κ1) is 34.9. The van der Waals surface area contributed by atoms with Crippen LogP contribution < -0.4 is 19.9 Å². The van der Waals surface area contributed by atoms with Crippen molar-refractivity contribution in [2.45, 2.75) is 71.3 Å². The van der Waals surface area contributed by atoms with Gasteiger partial charge in [-0.15, -0.1) is 0 Å². The maximum absolute atomic E-state index is 14.0. The normalized spacial score (nSPS) is 17.2. The van der Waals surface area contributed by atoms with Gasteiger partial charge in [-0.3, -0.25) is 28.6 Å². The highest BCUT2D eigenvalue weighted by Crippen LogP contribution is 2.35. The van der Waals surface area contributed by atoms with Crippen LogP contribution in [-0.2, 0) is 16.1 Å². The van der Waals surface area contributed by atoms with E-state index in [1.54, 1.807) is 21.6 Å². The second-order valence-electron chi connectivity index (χ2n) is 12.8. The van der Waals surface area contributed by atoms with Crippen molar-refractivity contribution in [1.82, 2.24) is 19.2 Å². The molecule has 1 aromatic carbocycles. The van der Waals surface area contributed by atoms with Gasteiger partial charge in [0.1, 0.15) is 15.8 Å². The van der Waals surface area contributed by atoms with E-state index in [0.717, 1.165) is 93.6 Å². The summed E-state index contributed by atoms with van der Waals surface area (Å²) < 4.78 is 13.1. The fourth-order valence-corrected chi connectivity index (χ4v) is 7.80. The van der Waals surface area contributed by atoms with Crippen LogP contribution in [0.25, 0.3) is 11.7 Å². The number of carboxylic acids is 1. The van der Waals surface area contributed by atoms with Gasteiger partial charge in [-0.2, -0.15) is 0 Å². The van der Waals surface area contributed by atoms with Crippen molar-refractivity contribution in [3.63, 3.8) is 0 Å². The van der Waals surface area contributed by atoms with Crippen molar-refractivity contribution in [2.75, 3.05) is 44.4 Å². The van der Waals surface area contributed by atoms with Crippen molar-refractivity contribution in [3.05, 3.63) is 68.5 Å². The summed E-state index contributed by atoms with van der Waals surface area (Å²) in [7, 11) is 0. The maximum atomic E-state index is 14.0. The molecule has 2 aromatic heterocycles. The van der Waals surface area contributed by atoms with Gasteiger partial charge < -0.3 is 19.5 Å². The number of aliphatic carboxylic acids is 1. The quantitative estimate of drug-likeness (QED) is 0.117. The number of benzene rings is 1. The van der Waals surface area contributed by atoms with Crippen molar-refractivity contribution in [3.8, 4) is 11.5 Å². The smallest absolute Gasteiger partial charge is 0.303 e. The lowest BCUT2D eigenvalue weighted by atomic mass is 10.1. The molecule has 0 spiro atoms. The molecule has 6 rings (SSSR count). The van der Waals surface area contributed by atoms with Gasteiger partial charge >= 0.3 is 5.97 Å². The molecule has 1 N–H and O–H groups in total. The number of hydrogen-bond donors (Lipinski definition) is 1. The molecular formula is C36H43N5O6S2. The Bertz CT molecular complexity index is 1800. The first-order valence-electron chi connectivity index (χ1n) is 17.1. The molecule has 0 saturated carbocycles. The highest BCUT2D eigenvalue weighted by Gasteiger charge is 2.33. The van der Waals surface area contributed by atoms with E-state index in [2.05, 4.69) is 15.9 Å². The van der Waals surface area contributed by atoms with Crippen molar-refractivity contribution < 1.29 is 24.2 Å². The second-order valence-corrected chi connectivity index (χ2v) is 14.5. The minimum absolute atomic E-state index is 0.165. The van der Waals surface area contributed by atoms with E-state index in [9.17, 15) is 14.4 Å². The summed E-state index contributed by atoms with van der Waals surface area (Å²) in [6, 6.07) is 9.84. The largest absolute Gasteiger partial charge is 0.481 e. The van der Waals surface area contributed by atoms with Crippen LogP contribution in [0.2, 0.25) is 0 Å². The SMILES string of the molecule is Cc1cccn2c(=O)c(/C=C3/SC(=S)N(CCCCCCCCCCC(=O)O)C3=O)c(N3CCN(Cc4ccc5c(c4)OCO5)CC3)nc12. The molecule has 3 aliphatic rings. The maximum Gasteiger partial charge on any atom is 0.303 e. The van der Waals surface area contributed by atoms with Gasteiger partial charge in [0.15, 0.2) is 11.5 Å². The van der Waals surface area contributed by atoms with E-state index >= 15 is 0 Å². The van der Waals surface area contributed by atoms with Gasteiger partial charge in [-0.05, 0) is 55.2 Å². The molecule has 0 aliphatic carbocycles. The number of fused-ring (bicyclic) bond motifs is 2. The first-order chi connectivity index (χ1) is 23.8. The van der Waals surface area contributed by atoms with Crippen LogP contribution in [0.15, 0.2) is 46.2 Å². The van der Waals surface area contributed by atoms with E-state index < -0.39 is 5.97 Å². The minimum atomic E-state index is -0.730. The molecule has 13 heteroatoms. The van der Waals surface area contributed by atoms with Crippen molar-refractivity contribution >= 4 is 57.7 Å². The van der Waals surface area contributed by atoms with Crippen LogP contribution in [0.5, 0.6) is 11.5 Å². The fraction of sp³-hybridized carbons (Fsp3) is 0.472. The third-order valence-electron chi connectivity index (χ3n) is 9.25. The first-order valence-corrected chi connectivity index (χ1v) is 18.4. The number of aryl methyl sites for hydroxylation is 1. The zero-order valence-electron chi connectivity index (χ0n) is 27.9. The Morgan fingerprint density at radius 2 is 1.69 bits per heavy atom. The monoisotopic (exact) mass is 705 g/mol. The van der Waals surface area contributed by atoms with Gasteiger partial charge in [0.25, 0.3) is 11.5 Å². The molecule has 49 heavy (non-hydrogen) atoms. The summed E-state index contributed by atoms with van der Waals surface area (Å²) in [5.74, 6) is 1.25. The lowest BCUT2D eigenvalue weighted by molar-refractivity contribution is -0.137. The van der Waals surface area contributed by atoms with Crippen LogP contribution in [0.4, 0.5) is 5.82 Å². The van der Waals surface area contributed by atoms with Crippen LogP contribution in [0.3, 0.4) is 0 Å². The highest BCUT2D eigenvalue weighted by molar-refractivity contribution is 8.26. The molecule has 0 unspecified atom stereocenters. The standard InChI is InChI=1S/C36H43N5O6S2/c1-25-11-10-16-40-32(25)37-33(39-19-17-38(18-20-39)23-26-13-14-28-29(21-26)47-24-46-28)27(34(40)44)22-30-35(45)41(36(48)49-30)15-9-7-5-3-2-4-6-8-12-31(42)43/h10-11,13-14,16,21-22H,2-9,12,15,17-20,23-24H2,1H3,(H,42,43)/b30-22+. The number of pyridine rings is 1. The molecule has 11 nitrogen and oxygen atoms in total. The second kappa shape index (κ2) is 16.2. The van der Waals surface area contributed by atoms with Crippen LogP contribution in [0.1, 0.15) is 74.5 Å². The topological polar surface area (TPSA) is 117 Å². The van der Waals surface area contributed by atoms with Gasteiger partial charge in [0.05, 0.1) is 10.5 Å². The number of aromatic nitrogens is 2. The number of thiocarbonyl (C=S) groups is 1. The lowest BCUT2D eigenvalue weighted by Gasteiger charge is -2.36. The average Bonchev–Trinajstić information content (AvgIpc) is 3.66.